The van der Waals surface area contributed by atoms with Gasteiger partial charge in [-0.25, -0.2) is 0 Å². The Morgan fingerprint density at radius 2 is 1.62 bits per heavy atom. The molecule has 13 heavy (non-hydrogen) atoms. The predicted molar refractivity (Wildman–Crippen MR) is 48.1 cm³/mol. The van der Waals surface area contributed by atoms with Gasteiger partial charge in [0.2, 0.25) is 0 Å². The van der Waals surface area contributed by atoms with E-state index in [0.29, 0.717) is 4.35 Å². The summed E-state index contributed by atoms with van der Waals surface area (Å²) in [7, 11) is -4.12. The van der Waals surface area contributed by atoms with E-state index in [9.17, 15) is 12.2 Å². The van der Waals surface area contributed by atoms with Crippen molar-refractivity contribution in [3.8, 4) is 0 Å². The average Bonchev–Trinajstić information content (AvgIpc) is 2.03. The Labute approximate surface area is 105 Å². The summed E-state index contributed by atoms with van der Waals surface area (Å²) in [6.07, 6.45) is 0. The van der Waals surface area contributed by atoms with Gasteiger partial charge >= 0.3 is 76.0 Å². The van der Waals surface area contributed by atoms with Gasteiger partial charge in [0.25, 0.3) is 0 Å². The van der Waals surface area contributed by atoms with Crippen LogP contribution in [0.1, 0.15) is 0 Å². The Morgan fingerprint density at radius 1 is 1.15 bits per heavy atom. The second kappa shape index (κ2) is 5.39. The Kier molecular flexibility index (Phi) is 5.59. The van der Waals surface area contributed by atoms with Gasteiger partial charge in [0.15, 0.2) is 0 Å². The van der Waals surface area contributed by atoms with Gasteiger partial charge in [-0.1, -0.05) is 0 Å². The van der Waals surface area contributed by atoms with Crippen LogP contribution in [0.15, 0.2) is 29.2 Å². The van der Waals surface area contributed by atoms with E-state index in [2.05, 4.69) is 0 Å². The third-order valence-corrected chi connectivity index (χ3v) is 3.18. The molecule has 4 nitrogen and oxygen atoms in total. The standard InChI is InChI=1S/C6H5AsO4S.Na/c8-7-5-1-3-6(4-2-5)12(9,10)11;/h1-4H,(H,9,10,11);. The monoisotopic (exact) mass is 271 g/mol. The topological polar surface area (TPSA) is 71.4 Å². The first kappa shape index (κ1) is 13.5. The van der Waals surface area contributed by atoms with Crippen molar-refractivity contribution in [3.05, 3.63) is 24.3 Å². The van der Waals surface area contributed by atoms with Crippen LogP contribution < -0.4 is 4.35 Å². The van der Waals surface area contributed by atoms with Crippen molar-refractivity contribution >= 4 is 59.7 Å². The van der Waals surface area contributed by atoms with E-state index >= 15 is 0 Å². The zero-order valence-corrected chi connectivity index (χ0v) is 11.5. The Hall–Kier alpha value is 0.488. The van der Waals surface area contributed by atoms with Crippen LogP contribution in [0.2, 0.25) is 0 Å². The number of hydrogen-bond acceptors (Lipinski definition) is 3. The van der Waals surface area contributed by atoms with Crippen LogP contribution in [-0.2, 0) is 13.9 Å². The average molecular weight is 271 g/mol. The third kappa shape index (κ3) is 4.02. The van der Waals surface area contributed by atoms with E-state index in [1.165, 1.54) is 24.3 Å². The molecule has 65 valence electrons. The molecule has 0 aliphatic rings. The van der Waals surface area contributed by atoms with Crippen molar-refractivity contribution in [2.24, 2.45) is 0 Å². The van der Waals surface area contributed by atoms with Crippen LogP contribution in [0.25, 0.3) is 0 Å². The second-order valence-electron chi connectivity index (χ2n) is 2.06. The van der Waals surface area contributed by atoms with Crippen LogP contribution in [0.4, 0.5) is 0 Å². The molecule has 1 radical (unpaired) electrons. The van der Waals surface area contributed by atoms with E-state index in [0.717, 1.165) is 0 Å². The molecular formula is C6H5AsNaO4S. The molecule has 0 aromatic heterocycles. The van der Waals surface area contributed by atoms with Gasteiger partial charge in [-0.15, -0.1) is 0 Å². The number of benzene rings is 1. The summed E-state index contributed by atoms with van der Waals surface area (Å²) >= 11 is -1.14. The Morgan fingerprint density at radius 3 is 1.92 bits per heavy atom. The second-order valence-corrected chi connectivity index (χ2v) is 4.95. The molecule has 0 saturated heterocycles. The smallest absolute Gasteiger partial charge is 0 e. The molecule has 1 aromatic carbocycles. The molecule has 1 N–H and O–H groups in total. The van der Waals surface area contributed by atoms with Crippen molar-refractivity contribution in [3.63, 3.8) is 0 Å². The molecule has 7 heteroatoms. The van der Waals surface area contributed by atoms with Crippen LogP contribution in [0.5, 0.6) is 0 Å². The Balaban J connectivity index is 0.00000144. The fourth-order valence-electron chi connectivity index (χ4n) is 0.679. The maximum Gasteiger partial charge on any atom is 0 e. The molecule has 0 heterocycles. The van der Waals surface area contributed by atoms with E-state index in [1.54, 1.807) is 0 Å². The number of hydrogen-bond donors (Lipinski definition) is 1. The van der Waals surface area contributed by atoms with Crippen molar-refractivity contribution in [2.45, 2.75) is 4.90 Å². The fourth-order valence-corrected chi connectivity index (χ4v) is 1.73. The summed E-state index contributed by atoms with van der Waals surface area (Å²) in [5.41, 5.74) is 0. The summed E-state index contributed by atoms with van der Waals surface area (Å²) < 4.78 is 40.5. The fraction of sp³-hybridized carbons (Fsp3) is 0. The molecule has 0 fully saturated rings. The molecule has 0 atom stereocenters. The van der Waals surface area contributed by atoms with Crippen molar-refractivity contribution in [1.29, 1.82) is 0 Å². The zero-order valence-electron chi connectivity index (χ0n) is 6.84. The van der Waals surface area contributed by atoms with E-state index in [1.807, 2.05) is 0 Å². The minimum Gasteiger partial charge on any atom is 0 e. The van der Waals surface area contributed by atoms with Gasteiger partial charge in [0.05, 0.1) is 0 Å². The van der Waals surface area contributed by atoms with Gasteiger partial charge in [0.1, 0.15) is 0 Å². The number of rotatable bonds is 2. The van der Waals surface area contributed by atoms with Gasteiger partial charge in [0, 0.05) is 29.6 Å². The van der Waals surface area contributed by atoms with Crippen LogP contribution in [0, 0.1) is 0 Å². The van der Waals surface area contributed by atoms with Crippen LogP contribution in [-0.4, -0.2) is 58.2 Å². The minimum atomic E-state index is -4.12. The third-order valence-electron chi connectivity index (χ3n) is 1.24. The van der Waals surface area contributed by atoms with Gasteiger partial charge < -0.3 is 0 Å². The van der Waals surface area contributed by atoms with Crippen LogP contribution >= 0.6 is 0 Å². The molecule has 0 saturated carbocycles. The zero-order chi connectivity index (χ0) is 9.19. The maximum atomic E-state index is 10.5. The van der Waals surface area contributed by atoms with Crippen molar-refractivity contribution < 1.29 is 16.7 Å². The first-order valence-electron chi connectivity index (χ1n) is 2.95. The van der Waals surface area contributed by atoms with Crippen LogP contribution in [0.3, 0.4) is 0 Å². The SMILES string of the molecule is O=[As]c1ccc(S(=O)(=O)O)cc1.[Na]. The maximum absolute atomic E-state index is 10.5. The first-order valence-corrected chi connectivity index (χ1v) is 6.09. The molecule has 0 amide bonds. The summed E-state index contributed by atoms with van der Waals surface area (Å²) in [6.45, 7) is 0. The molecule has 1 aromatic rings. The molecular weight excluding hydrogens is 266 g/mol. The van der Waals surface area contributed by atoms with Gasteiger partial charge in [-0.2, -0.15) is 0 Å². The molecule has 0 spiro atoms. The summed E-state index contributed by atoms with van der Waals surface area (Å²) in [5, 5.41) is 0. The molecule has 0 bridgehead atoms. The minimum absolute atomic E-state index is 0. The molecule has 0 aliphatic heterocycles. The molecule has 0 unspecified atom stereocenters. The first-order chi connectivity index (χ1) is 5.54. The van der Waals surface area contributed by atoms with E-state index in [4.69, 9.17) is 4.55 Å². The molecule has 0 aliphatic carbocycles. The summed E-state index contributed by atoms with van der Waals surface area (Å²) in [6, 6.07) is 5.27. The summed E-state index contributed by atoms with van der Waals surface area (Å²) in [4.78, 5) is -0.180. The molecule has 1 rings (SSSR count). The predicted octanol–water partition coefficient (Wildman–Crippen LogP) is -0.773. The quantitative estimate of drug-likeness (QED) is 0.566. The van der Waals surface area contributed by atoms with E-state index in [-0.39, 0.29) is 34.5 Å². The Bertz CT molecular complexity index is 386. The summed E-state index contributed by atoms with van der Waals surface area (Å²) in [5.74, 6) is 0. The van der Waals surface area contributed by atoms with Crippen molar-refractivity contribution in [1.82, 2.24) is 0 Å². The normalized spacial score (nSPS) is 10.8. The largest absolute Gasteiger partial charge is 0 e. The van der Waals surface area contributed by atoms with Gasteiger partial charge in [-0.05, 0) is 0 Å². The van der Waals surface area contributed by atoms with Crippen molar-refractivity contribution in [2.75, 3.05) is 0 Å². The van der Waals surface area contributed by atoms with E-state index < -0.39 is 25.8 Å². The van der Waals surface area contributed by atoms with Gasteiger partial charge in [-0.3, -0.25) is 0 Å².